The van der Waals surface area contributed by atoms with Crippen LogP contribution < -0.4 is 5.32 Å². The zero-order chi connectivity index (χ0) is 18.3. The van der Waals surface area contributed by atoms with Crippen molar-refractivity contribution in [1.29, 1.82) is 0 Å². The number of azide groups is 1. The van der Waals surface area contributed by atoms with Crippen molar-refractivity contribution in [2.45, 2.75) is 57.1 Å². The molecule has 1 saturated heterocycles. The standard InChI is InChI=1S/C13H26N4O5P2/c1-7(18)16-10-8(5-15-17-14)4-13(2,3)21-12(10)11(19)9(22-24)6-20-23/h8-12,19H,4-6,23-24H2,1-3H3,(H,16,18). The summed E-state index contributed by atoms with van der Waals surface area (Å²) in [4.78, 5) is 14.4. The number of nitrogens with zero attached hydrogens (tertiary/aromatic N) is 3. The molecule has 1 rings (SSSR count). The van der Waals surface area contributed by atoms with Crippen LogP contribution in [0.2, 0.25) is 0 Å². The van der Waals surface area contributed by atoms with Gasteiger partial charge in [-0.2, -0.15) is 0 Å². The van der Waals surface area contributed by atoms with Crippen LogP contribution in [0.15, 0.2) is 5.11 Å². The van der Waals surface area contributed by atoms with E-state index in [2.05, 4.69) is 34.3 Å². The highest BCUT2D eigenvalue weighted by Gasteiger charge is 2.47. The van der Waals surface area contributed by atoms with Crippen molar-refractivity contribution in [2.24, 2.45) is 11.0 Å². The molecule has 1 aliphatic heterocycles. The minimum atomic E-state index is -1.05. The number of aliphatic hydroxyl groups excluding tert-OH is 1. The summed E-state index contributed by atoms with van der Waals surface area (Å²) in [5.41, 5.74) is 8.06. The van der Waals surface area contributed by atoms with E-state index in [1.807, 2.05) is 13.8 Å². The third kappa shape index (κ3) is 6.08. The lowest BCUT2D eigenvalue weighted by Crippen LogP contribution is -2.63. The molecule has 0 bridgehead atoms. The highest BCUT2D eigenvalue weighted by atomic mass is 31.0. The zero-order valence-corrected chi connectivity index (χ0v) is 16.4. The lowest BCUT2D eigenvalue weighted by molar-refractivity contribution is -0.193. The van der Waals surface area contributed by atoms with Gasteiger partial charge in [0.1, 0.15) is 18.3 Å². The molecule has 0 aliphatic carbocycles. The normalized spacial score (nSPS) is 28.5. The van der Waals surface area contributed by atoms with Crippen molar-refractivity contribution in [1.82, 2.24) is 5.32 Å². The topological polar surface area (TPSA) is 126 Å². The summed E-state index contributed by atoms with van der Waals surface area (Å²) in [5, 5.41) is 17.2. The van der Waals surface area contributed by atoms with Gasteiger partial charge in [0.05, 0.1) is 18.2 Å². The van der Waals surface area contributed by atoms with E-state index in [1.165, 1.54) is 6.92 Å². The van der Waals surface area contributed by atoms with Gasteiger partial charge >= 0.3 is 0 Å². The van der Waals surface area contributed by atoms with Gasteiger partial charge in [0.15, 0.2) is 0 Å². The van der Waals surface area contributed by atoms with Crippen LogP contribution in [0.1, 0.15) is 27.2 Å². The highest BCUT2D eigenvalue weighted by Crippen LogP contribution is 2.35. The average molecular weight is 380 g/mol. The third-order valence-electron chi connectivity index (χ3n) is 3.97. The molecule has 0 saturated carbocycles. The van der Waals surface area contributed by atoms with E-state index in [-0.39, 0.29) is 25.0 Å². The number of carbonyl (C=O) groups is 1. The van der Waals surface area contributed by atoms with Crippen LogP contribution in [0.25, 0.3) is 10.4 Å². The Morgan fingerprint density at radius 2 is 2.25 bits per heavy atom. The molecular formula is C13H26N4O5P2. The first-order valence-electron chi connectivity index (χ1n) is 7.56. The van der Waals surface area contributed by atoms with Gasteiger partial charge in [0, 0.05) is 37.3 Å². The van der Waals surface area contributed by atoms with Crippen LogP contribution in [0.3, 0.4) is 0 Å². The highest BCUT2D eigenvalue weighted by molar-refractivity contribution is 7.10. The maximum Gasteiger partial charge on any atom is 0.217 e. The van der Waals surface area contributed by atoms with E-state index in [1.54, 1.807) is 0 Å². The first-order chi connectivity index (χ1) is 11.3. The second-order valence-electron chi connectivity index (χ2n) is 6.44. The molecule has 0 aromatic heterocycles. The maximum absolute atomic E-state index is 11.6. The molecule has 1 aliphatic rings. The molecule has 1 amide bonds. The van der Waals surface area contributed by atoms with Crippen molar-refractivity contribution in [3.05, 3.63) is 10.4 Å². The van der Waals surface area contributed by atoms with Gasteiger partial charge < -0.3 is 24.2 Å². The summed E-state index contributed by atoms with van der Waals surface area (Å²) in [7, 11) is 4.20. The zero-order valence-electron chi connectivity index (χ0n) is 14.1. The number of ether oxygens (including phenoxy) is 1. The Bertz CT molecular complexity index is 475. The minimum Gasteiger partial charge on any atom is -0.388 e. The second-order valence-corrected chi connectivity index (χ2v) is 7.05. The van der Waals surface area contributed by atoms with Gasteiger partial charge in [-0.05, 0) is 31.7 Å². The van der Waals surface area contributed by atoms with Crippen molar-refractivity contribution in [3.63, 3.8) is 0 Å². The van der Waals surface area contributed by atoms with Crippen LogP contribution in [0.4, 0.5) is 0 Å². The van der Waals surface area contributed by atoms with Crippen LogP contribution >= 0.6 is 18.9 Å². The third-order valence-corrected chi connectivity index (χ3v) is 4.51. The molecule has 0 spiro atoms. The molecule has 138 valence electrons. The molecule has 24 heavy (non-hydrogen) atoms. The lowest BCUT2D eigenvalue weighted by Gasteiger charge is -2.48. The van der Waals surface area contributed by atoms with E-state index in [0.29, 0.717) is 6.42 Å². The van der Waals surface area contributed by atoms with Crippen LogP contribution in [-0.2, 0) is 18.6 Å². The summed E-state index contributed by atoms with van der Waals surface area (Å²) < 4.78 is 16.2. The Kier molecular flexibility index (Phi) is 8.82. The predicted octanol–water partition coefficient (Wildman–Crippen LogP) is 1.33. The SMILES string of the molecule is CC(=O)NC1C(CN=[N+]=[N-])CC(C)(C)OC1C(O)C(COP)OP. The van der Waals surface area contributed by atoms with Crippen molar-refractivity contribution in [2.75, 3.05) is 13.2 Å². The van der Waals surface area contributed by atoms with Crippen molar-refractivity contribution in [3.8, 4) is 0 Å². The Morgan fingerprint density at radius 3 is 2.75 bits per heavy atom. The van der Waals surface area contributed by atoms with E-state index in [4.69, 9.17) is 19.3 Å². The molecule has 2 N–H and O–H groups in total. The quantitative estimate of drug-likeness (QED) is 0.284. The monoisotopic (exact) mass is 380 g/mol. The minimum absolute atomic E-state index is 0.128. The van der Waals surface area contributed by atoms with Gasteiger partial charge in [-0.25, -0.2) is 0 Å². The Morgan fingerprint density at radius 1 is 1.58 bits per heavy atom. The van der Waals surface area contributed by atoms with Gasteiger partial charge in [-0.15, -0.1) is 0 Å². The molecule has 0 radical (unpaired) electrons. The van der Waals surface area contributed by atoms with E-state index < -0.39 is 30.0 Å². The van der Waals surface area contributed by atoms with Crippen LogP contribution in [0.5, 0.6) is 0 Å². The fourth-order valence-corrected chi connectivity index (χ4v) is 3.51. The number of amides is 1. The molecule has 9 nitrogen and oxygen atoms in total. The number of hydrogen-bond acceptors (Lipinski definition) is 6. The molecule has 0 aromatic carbocycles. The van der Waals surface area contributed by atoms with E-state index >= 15 is 0 Å². The van der Waals surface area contributed by atoms with Crippen LogP contribution in [0, 0.1) is 5.92 Å². The van der Waals surface area contributed by atoms with Gasteiger partial charge in [-0.3, -0.25) is 4.79 Å². The summed E-state index contributed by atoms with van der Waals surface area (Å²) >= 11 is 0. The molecule has 7 atom stereocenters. The number of rotatable bonds is 8. The number of aliphatic hydroxyl groups is 1. The Labute approximate surface area is 146 Å². The Balaban J connectivity index is 3.12. The van der Waals surface area contributed by atoms with E-state index in [0.717, 1.165) is 0 Å². The summed E-state index contributed by atoms with van der Waals surface area (Å²) in [6.45, 7) is 5.50. The number of hydrogen-bond donors (Lipinski definition) is 2. The number of nitrogens with one attached hydrogen (secondary N) is 1. The molecular weight excluding hydrogens is 354 g/mol. The summed E-state index contributed by atoms with van der Waals surface area (Å²) in [5.74, 6) is -0.424. The first-order valence-corrected chi connectivity index (χ1v) is 8.51. The molecule has 1 fully saturated rings. The van der Waals surface area contributed by atoms with Crippen molar-refractivity contribution < 1.29 is 23.7 Å². The number of carbonyl (C=O) groups excluding carboxylic acids is 1. The van der Waals surface area contributed by atoms with E-state index in [9.17, 15) is 9.90 Å². The first kappa shape index (κ1) is 21.5. The maximum atomic E-state index is 11.6. The summed E-state index contributed by atoms with van der Waals surface area (Å²) in [6, 6.07) is -0.511. The predicted molar refractivity (Wildman–Crippen MR) is 94.9 cm³/mol. The lowest BCUT2D eigenvalue weighted by atomic mass is 9.79. The van der Waals surface area contributed by atoms with Crippen molar-refractivity contribution >= 4 is 24.8 Å². The smallest absolute Gasteiger partial charge is 0.217 e. The Hall–Kier alpha value is -0.520. The molecule has 11 heteroatoms. The largest absolute Gasteiger partial charge is 0.388 e. The summed E-state index contributed by atoms with van der Waals surface area (Å²) in [6.07, 6.45) is -1.87. The van der Waals surface area contributed by atoms with Crippen LogP contribution in [-0.4, -0.2) is 54.1 Å². The fourth-order valence-electron chi connectivity index (χ4n) is 3.08. The van der Waals surface area contributed by atoms with Gasteiger partial charge in [-0.1, -0.05) is 5.11 Å². The van der Waals surface area contributed by atoms with Gasteiger partial charge in [0.25, 0.3) is 0 Å². The molecule has 1 heterocycles. The molecule has 0 aromatic rings. The van der Waals surface area contributed by atoms with Gasteiger partial charge in [0.2, 0.25) is 5.91 Å². The second kappa shape index (κ2) is 9.83. The fraction of sp³-hybridized carbons (Fsp3) is 0.923. The molecule has 7 unspecified atom stereocenters. The average Bonchev–Trinajstić information content (AvgIpc) is 2.51.